The van der Waals surface area contributed by atoms with Gasteiger partial charge in [0.2, 0.25) is 11.8 Å². The molecule has 1 aliphatic heterocycles. The van der Waals surface area contributed by atoms with Gasteiger partial charge in [0.1, 0.15) is 6.04 Å². The van der Waals surface area contributed by atoms with Gasteiger partial charge < -0.3 is 10.2 Å². The molecule has 2 amide bonds. The third-order valence-corrected chi connectivity index (χ3v) is 4.80. The van der Waals surface area contributed by atoms with Crippen molar-refractivity contribution < 1.29 is 9.59 Å². The van der Waals surface area contributed by atoms with Crippen LogP contribution in [-0.2, 0) is 9.59 Å². The number of carbonyl (C=O) groups excluding carboxylic acids is 2. The number of nitrogens with zero attached hydrogens (tertiary/aromatic N) is 1. The molecule has 1 atom stereocenters. The molecule has 1 N–H and O–H groups in total. The predicted molar refractivity (Wildman–Crippen MR) is 72.4 cm³/mol. The topological polar surface area (TPSA) is 49.4 Å². The highest BCUT2D eigenvalue weighted by atomic mass is 16.2. The Kier molecular flexibility index (Phi) is 3.76. The van der Waals surface area contributed by atoms with Crippen molar-refractivity contribution in [1.82, 2.24) is 10.2 Å². The number of rotatable bonds is 3. The molecule has 2 saturated carbocycles. The van der Waals surface area contributed by atoms with E-state index in [-0.39, 0.29) is 17.9 Å². The number of nitrogens with one attached hydrogen (secondary N) is 1. The molecule has 3 rings (SSSR count). The van der Waals surface area contributed by atoms with E-state index >= 15 is 0 Å². The molecule has 1 heterocycles. The van der Waals surface area contributed by atoms with Crippen molar-refractivity contribution in [2.24, 2.45) is 11.8 Å². The molecule has 0 spiro atoms. The average Bonchev–Trinajstić information content (AvgIpc) is 3.25. The summed E-state index contributed by atoms with van der Waals surface area (Å²) in [6.07, 6.45) is 9.10. The van der Waals surface area contributed by atoms with Gasteiger partial charge in [0, 0.05) is 19.5 Å². The lowest BCUT2D eigenvalue weighted by Crippen LogP contribution is -2.47. The Labute approximate surface area is 114 Å². The third-order valence-electron chi connectivity index (χ3n) is 4.80. The second-order valence-electron chi connectivity index (χ2n) is 6.42. The molecule has 1 saturated heterocycles. The highest BCUT2D eigenvalue weighted by Gasteiger charge is 2.41. The summed E-state index contributed by atoms with van der Waals surface area (Å²) in [4.78, 5) is 26.2. The molecule has 1 unspecified atom stereocenters. The lowest BCUT2D eigenvalue weighted by molar-refractivity contribution is -0.134. The molecule has 0 aromatic heterocycles. The van der Waals surface area contributed by atoms with E-state index in [0.717, 1.165) is 19.4 Å². The van der Waals surface area contributed by atoms with E-state index in [0.29, 0.717) is 24.8 Å². The van der Waals surface area contributed by atoms with Crippen molar-refractivity contribution in [2.75, 3.05) is 13.1 Å². The minimum Gasteiger partial charge on any atom is -0.344 e. The van der Waals surface area contributed by atoms with Crippen molar-refractivity contribution in [3.8, 4) is 0 Å². The fourth-order valence-corrected chi connectivity index (χ4v) is 3.46. The fourth-order valence-electron chi connectivity index (χ4n) is 3.46. The molecule has 4 heteroatoms. The molecular formula is C15H24N2O2. The van der Waals surface area contributed by atoms with Crippen LogP contribution in [0.5, 0.6) is 0 Å². The molecule has 106 valence electrons. The monoisotopic (exact) mass is 264 g/mol. The lowest BCUT2D eigenvalue weighted by Gasteiger charge is -2.30. The summed E-state index contributed by atoms with van der Waals surface area (Å²) in [7, 11) is 0. The van der Waals surface area contributed by atoms with Crippen LogP contribution >= 0.6 is 0 Å². The van der Waals surface area contributed by atoms with Crippen molar-refractivity contribution >= 4 is 11.8 Å². The Bertz CT molecular complexity index is 359. The van der Waals surface area contributed by atoms with Gasteiger partial charge in [-0.3, -0.25) is 9.59 Å². The van der Waals surface area contributed by atoms with Gasteiger partial charge in [-0.05, 0) is 37.5 Å². The summed E-state index contributed by atoms with van der Waals surface area (Å²) in [5.74, 6) is 1.30. The molecule has 0 aromatic rings. The first kappa shape index (κ1) is 12.9. The minimum absolute atomic E-state index is 0.0522. The van der Waals surface area contributed by atoms with Crippen molar-refractivity contribution in [3.63, 3.8) is 0 Å². The lowest BCUT2D eigenvalue weighted by atomic mass is 9.89. The minimum atomic E-state index is -0.224. The first-order valence-electron chi connectivity index (χ1n) is 7.82. The highest BCUT2D eigenvalue weighted by molar-refractivity contribution is 5.90. The Morgan fingerprint density at radius 2 is 1.79 bits per heavy atom. The predicted octanol–water partition coefficient (Wildman–Crippen LogP) is 1.69. The van der Waals surface area contributed by atoms with E-state index in [2.05, 4.69) is 5.32 Å². The van der Waals surface area contributed by atoms with E-state index in [1.165, 1.54) is 32.1 Å². The summed E-state index contributed by atoms with van der Waals surface area (Å²) < 4.78 is 0. The van der Waals surface area contributed by atoms with Crippen LogP contribution in [0.4, 0.5) is 0 Å². The summed E-state index contributed by atoms with van der Waals surface area (Å²) in [6.45, 7) is 1.49. The van der Waals surface area contributed by atoms with E-state index in [1.54, 1.807) is 0 Å². The summed E-state index contributed by atoms with van der Waals surface area (Å²) in [5, 5.41) is 2.93. The van der Waals surface area contributed by atoms with Gasteiger partial charge in [-0.2, -0.15) is 0 Å². The van der Waals surface area contributed by atoms with Crippen LogP contribution in [0.3, 0.4) is 0 Å². The molecule has 2 aliphatic carbocycles. The van der Waals surface area contributed by atoms with E-state index in [1.807, 2.05) is 4.90 Å². The van der Waals surface area contributed by atoms with Gasteiger partial charge in [-0.1, -0.05) is 19.3 Å². The smallest absolute Gasteiger partial charge is 0.245 e. The SMILES string of the molecule is O=C1CCN(CC2CCCCC2)C(=O)C(C2CC2)N1. The van der Waals surface area contributed by atoms with Gasteiger partial charge in [0.05, 0.1) is 0 Å². The van der Waals surface area contributed by atoms with Crippen LogP contribution in [0.1, 0.15) is 51.4 Å². The number of amides is 2. The van der Waals surface area contributed by atoms with Crippen LogP contribution < -0.4 is 5.32 Å². The van der Waals surface area contributed by atoms with Crippen molar-refractivity contribution in [2.45, 2.75) is 57.4 Å². The molecule has 19 heavy (non-hydrogen) atoms. The summed E-state index contributed by atoms with van der Waals surface area (Å²) >= 11 is 0. The Morgan fingerprint density at radius 3 is 2.47 bits per heavy atom. The van der Waals surface area contributed by atoms with Gasteiger partial charge >= 0.3 is 0 Å². The maximum absolute atomic E-state index is 12.6. The number of carbonyl (C=O) groups is 2. The first-order chi connectivity index (χ1) is 9.24. The first-order valence-corrected chi connectivity index (χ1v) is 7.82. The van der Waals surface area contributed by atoms with Gasteiger partial charge in [-0.15, -0.1) is 0 Å². The van der Waals surface area contributed by atoms with E-state index in [9.17, 15) is 9.59 Å². The second-order valence-corrected chi connectivity index (χ2v) is 6.42. The van der Waals surface area contributed by atoms with Crippen LogP contribution in [0.25, 0.3) is 0 Å². The summed E-state index contributed by atoms with van der Waals surface area (Å²) in [6, 6.07) is -0.224. The maximum atomic E-state index is 12.6. The summed E-state index contributed by atoms with van der Waals surface area (Å²) in [5.41, 5.74) is 0. The zero-order valence-corrected chi connectivity index (χ0v) is 11.6. The molecule has 0 bridgehead atoms. The average molecular weight is 264 g/mol. The number of hydrogen-bond acceptors (Lipinski definition) is 2. The largest absolute Gasteiger partial charge is 0.344 e. The molecule has 4 nitrogen and oxygen atoms in total. The van der Waals surface area contributed by atoms with Crippen LogP contribution in [0.15, 0.2) is 0 Å². The Hall–Kier alpha value is -1.06. The van der Waals surface area contributed by atoms with Crippen molar-refractivity contribution in [1.29, 1.82) is 0 Å². The molecule has 0 aromatic carbocycles. The van der Waals surface area contributed by atoms with Gasteiger partial charge in [-0.25, -0.2) is 0 Å². The zero-order chi connectivity index (χ0) is 13.2. The zero-order valence-electron chi connectivity index (χ0n) is 11.6. The van der Waals surface area contributed by atoms with Gasteiger partial charge in [0.25, 0.3) is 0 Å². The maximum Gasteiger partial charge on any atom is 0.245 e. The third kappa shape index (κ3) is 3.10. The standard InChI is InChI=1S/C15H24N2O2/c18-13-8-9-17(10-11-4-2-1-3-5-11)15(19)14(16-13)12-6-7-12/h11-12,14H,1-10H2,(H,16,18). The molecule has 0 radical (unpaired) electrons. The van der Waals surface area contributed by atoms with Crippen molar-refractivity contribution in [3.05, 3.63) is 0 Å². The van der Waals surface area contributed by atoms with Gasteiger partial charge in [0.15, 0.2) is 0 Å². The van der Waals surface area contributed by atoms with Crippen LogP contribution in [0.2, 0.25) is 0 Å². The van der Waals surface area contributed by atoms with Crippen LogP contribution in [0, 0.1) is 11.8 Å². The molecule has 3 fully saturated rings. The second kappa shape index (κ2) is 5.51. The Balaban J connectivity index is 1.64. The Morgan fingerprint density at radius 1 is 1.05 bits per heavy atom. The van der Waals surface area contributed by atoms with E-state index in [4.69, 9.17) is 0 Å². The number of hydrogen-bond donors (Lipinski definition) is 1. The molecule has 3 aliphatic rings. The quantitative estimate of drug-likeness (QED) is 0.843. The normalized spacial score (nSPS) is 30.1. The fraction of sp³-hybridized carbons (Fsp3) is 0.867. The van der Waals surface area contributed by atoms with E-state index < -0.39 is 0 Å². The highest BCUT2D eigenvalue weighted by Crippen LogP contribution is 2.34. The van der Waals surface area contributed by atoms with Crippen LogP contribution in [-0.4, -0.2) is 35.8 Å². The molecular weight excluding hydrogens is 240 g/mol.